The number of esters is 1. The summed E-state index contributed by atoms with van der Waals surface area (Å²) in [7, 11) is 0. The summed E-state index contributed by atoms with van der Waals surface area (Å²) in [6, 6.07) is 21.8. The average Bonchev–Trinajstić information content (AvgIpc) is 3.33. The van der Waals surface area contributed by atoms with Crippen LogP contribution in [0.1, 0.15) is 35.8 Å². The monoisotopic (exact) mass is 414 g/mol. The first kappa shape index (κ1) is 20.3. The number of benzene rings is 2. The Balaban J connectivity index is 1.54. The van der Waals surface area contributed by atoms with Crippen LogP contribution in [0.3, 0.4) is 0 Å². The van der Waals surface area contributed by atoms with Gasteiger partial charge in [-0.05, 0) is 43.7 Å². The van der Waals surface area contributed by atoms with Crippen LogP contribution in [-0.2, 0) is 9.53 Å². The molecule has 6 heteroatoms. The van der Waals surface area contributed by atoms with Gasteiger partial charge in [0.05, 0.1) is 23.4 Å². The molecule has 31 heavy (non-hydrogen) atoms. The average molecular weight is 414 g/mol. The minimum Gasteiger partial charge on any atom is -0.463 e. The summed E-state index contributed by atoms with van der Waals surface area (Å²) in [4.78, 5) is 30.2. The third kappa shape index (κ3) is 4.48. The number of nitrogens with one attached hydrogen (secondary N) is 1. The van der Waals surface area contributed by atoms with E-state index < -0.39 is 12.1 Å². The molecule has 2 aromatic carbocycles. The van der Waals surface area contributed by atoms with Crippen LogP contribution in [0, 0.1) is 0 Å². The van der Waals surface area contributed by atoms with Crippen LogP contribution in [0.5, 0.6) is 0 Å². The smallest absolute Gasteiger partial charge is 0.339 e. The lowest BCUT2D eigenvalue weighted by Gasteiger charge is -2.18. The fourth-order valence-corrected chi connectivity index (χ4v) is 3.33. The molecule has 6 nitrogen and oxygen atoms in total. The summed E-state index contributed by atoms with van der Waals surface area (Å²) in [6.45, 7) is 3.44. The molecular weight excluding hydrogens is 392 g/mol. The minimum absolute atomic E-state index is 0.206. The van der Waals surface area contributed by atoms with E-state index in [-0.39, 0.29) is 11.9 Å². The fraction of sp³-hybridized carbons (Fsp3) is 0.160. The molecule has 0 saturated carbocycles. The van der Waals surface area contributed by atoms with Crippen LogP contribution in [0.4, 0.5) is 0 Å². The fourth-order valence-electron chi connectivity index (χ4n) is 3.33. The van der Waals surface area contributed by atoms with Crippen molar-refractivity contribution >= 4 is 22.8 Å². The highest BCUT2D eigenvalue weighted by atomic mass is 16.5. The van der Waals surface area contributed by atoms with Crippen molar-refractivity contribution in [2.45, 2.75) is 26.0 Å². The predicted octanol–water partition coefficient (Wildman–Crippen LogP) is 4.92. The Hall–Kier alpha value is -3.93. The van der Waals surface area contributed by atoms with Gasteiger partial charge in [0.1, 0.15) is 5.69 Å². The first-order valence-electron chi connectivity index (χ1n) is 10.0. The maximum absolute atomic E-state index is 13.0. The van der Waals surface area contributed by atoms with Gasteiger partial charge in [0.15, 0.2) is 11.9 Å². The number of rotatable bonds is 6. The molecule has 2 heterocycles. The van der Waals surface area contributed by atoms with Crippen LogP contribution in [0.2, 0.25) is 0 Å². The molecule has 0 aliphatic heterocycles. The zero-order chi connectivity index (χ0) is 21.8. The van der Waals surface area contributed by atoms with E-state index in [9.17, 15) is 9.59 Å². The van der Waals surface area contributed by atoms with Gasteiger partial charge < -0.3 is 14.5 Å². The molecule has 0 radical (unpaired) electrons. The summed E-state index contributed by atoms with van der Waals surface area (Å²) in [5.74, 6) is -0.418. The van der Waals surface area contributed by atoms with E-state index in [1.165, 1.54) is 0 Å². The lowest BCUT2D eigenvalue weighted by Crippen LogP contribution is -2.37. The number of amides is 1. The second-order valence-corrected chi connectivity index (χ2v) is 7.24. The molecule has 0 spiro atoms. The third-order valence-corrected chi connectivity index (χ3v) is 5.02. The summed E-state index contributed by atoms with van der Waals surface area (Å²) in [5.41, 5.74) is 2.45. The minimum atomic E-state index is -0.961. The first-order valence-corrected chi connectivity index (χ1v) is 10.0. The number of fused-ring (bicyclic) bond motifs is 1. The van der Waals surface area contributed by atoms with Crippen molar-refractivity contribution in [3.05, 3.63) is 90.2 Å². The standard InChI is InChI=1S/C25H22N2O4/c1-16(18-9-4-3-5-10-18)26-24(28)17(2)31-25(29)20-15-22(23-13-8-14-30-23)27-21-12-7-6-11-19(20)21/h3-17H,1-2H3,(H,26,28). The largest absolute Gasteiger partial charge is 0.463 e. The second-order valence-electron chi connectivity index (χ2n) is 7.24. The molecule has 2 atom stereocenters. The summed E-state index contributed by atoms with van der Waals surface area (Å²) in [6.07, 6.45) is 0.586. The Morgan fingerprint density at radius 2 is 1.71 bits per heavy atom. The number of carbonyl (C=O) groups excluding carboxylic acids is 2. The number of carbonyl (C=O) groups is 2. The van der Waals surface area contributed by atoms with Gasteiger partial charge in [0, 0.05) is 5.39 Å². The van der Waals surface area contributed by atoms with Gasteiger partial charge in [-0.15, -0.1) is 0 Å². The zero-order valence-electron chi connectivity index (χ0n) is 17.2. The zero-order valence-corrected chi connectivity index (χ0v) is 17.2. The SMILES string of the molecule is CC(OC(=O)c1cc(-c2ccco2)nc2ccccc12)C(=O)NC(C)c1ccccc1. The number of furan rings is 1. The van der Waals surface area contributed by atoms with E-state index in [1.54, 1.807) is 37.5 Å². The first-order chi connectivity index (χ1) is 15.0. The molecule has 2 unspecified atom stereocenters. The van der Waals surface area contributed by atoms with Gasteiger partial charge in [-0.25, -0.2) is 9.78 Å². The van der Waals surface area contributed by atoms with Crippen molar-refractivity contribution in [3.63, 3.8) is 0 Å². The van der Waals surface area contributed by atoms with Crippen molar-refractivity contribution in [2.24, 2.45) is 0 Å². The number of nitrogens with zero attached hydrogens (tertiary/aromatic N) is 1. The topological polar surface area (TPSA) is 81.4 Å². The summed E-state index contributed by atoms with van der Waals surface area (Å²) in [5, 5.41) is 3.53. The van der Waals surface area contributed by atoms with Crippen molar-refractivity contribution in [1.82, 2.24) is 10.3 Å². The highest BCUT2D eigenvalue weighted by molar-refractivity contribution is 6.05. The Bertz CT molecular complexity index is 1200. The van der Waals surface area contributed by atoms with Crippen LogP contribution >= 0.6 is 0 Å². The number of hydrogen-bond donors (Lipinski definition) is 1. The number of aromatic nitrogens is 1. The van der Waals surface area contributed by atoms with E-state index in [4.69, 9.17) is 9.15 Å². The molecular formula is C25H22N2O4. The number of pyridine rings is 1. The number of hydrogen-bond acceptors (Lipinski definition) is 5. The van der Waals surface area contributed by atoms with E-state index in [0.29, 0.717) is 27.9 Å². The quantitative estimate of drug-likeness (QED) is 0.453. The molecule has 4 aromatic rings. The van der Waals surface area contributed by atoms with Gasteiger partial charge in [-0.2, -0.15) is 0 Å². The van der Waals surface area contributed by atoms with E-state index in [2.05, 4.69) is 10.3 Å². The molecule has 0 bridgehead atoms. The maximum Gasteiger partial charge on any atom is 0.339 e. The Labute approximate surface area is 179 Å². The van der Waals surface area contributed by atoms with Crippen molar-refractivity contribution in [3.8, 4) is 11.5 Å². The van der Waals surface area contributed by atoms with Gasteiger partial charge in [-0.1, -0.05) is 48.5 Å². The van der Waals surface area contributed by atoms with Gasteiger partial charge in [0.25, 0.3) is 5.91 Å². The van der Waals surface area contributed by atoms with Crippen molar-refractivity contribution in [1.29, 1.82) is 0 Å². The Morgan fingerprint density at radius 3 is 2.45 bits per heavy atom. The number of ether oxygens (including phenoxy) is 1. The Morgan fingerprint density at radius 1 is 0.968 bits per heavy atom. The van der Waals surface area contributed by atoms with Gasteiger partial charge in [0.2, 0.25) is 0 Å². The summed E-state index contributed by atoms with van der Waals surface area (Å²) >= 11 is 0. The predicted molar refractivity (Wildman–Crippen MR) is 117 cm³/mol. The second kappa shape index (κ2) is 8.83. The molecule has 1 amide bonds. The highest BCUT2D eigenvalue weighted by Gasteiger charge is 2.23. The molecule has 4 rings (SSSR count). The Kier molecular flexibility index (Phi) is 5.80. The van der Waals surface area contributed by atoms with Crippen LogP contribution in [0.15, 0.2) is 83.5 Å². The van der Waals surface area contributed by atoms with E-state index in [0.717, 1.165) is 5.56 Å². The highest BCUT2D eigenvalue weighted by Crippen LogP contribution is 2.26. The molecule has 0 fully saturated rings. The number of para-hydroxylation sites is 1. The molecule has 0 aliphatic rings. The molecule has 156 valence electrons. The lowest BCUT2D eigenvalue weighted by molar-refractivity contribution is -0.129. The third-order valence-electron chi connectivity index (χ3n) is 5.02. The van der Waals surface area contributed by atoms with Crippen LogP contribution in [0.25, 0.3) is 22.4 Å². The van der Waals surface area contributed by atoms with E-state index >= 15 is 0 Å². The van der Waals surface area contributed by atoms with Gasteiger partial charge >= 0.3 is 5.97 Å². The van der Waals surface area contributed by atoms with Crippen molar-refractivity contribution < 1.29 is 18.7 Å². The van der Waals surface area contributed by atoms with Gasteiger partial charge in [-0.3, -0.25) is 4.79 Å². The summed E-state index contributed by atoms with van der Waals surface area (Å²) < 4.78 is 10.9. The normalized spacial score (nSPS) is 12.8. The van der Waals surface area contributed by atoms with Crippen LogP contribution in [-0.4, -0.2) is 23.0 Å². The molecule has 1 N–H and O–H groups in total. The molecule has 2 aromatic heterocycles. The van der Waals surface area contributed by atoms with Crippen molar-refractivity contribution in [2.75, 3.05) is 0 Å². The van der Waals surface area contributed by atoms with E-state index in [1.807, 2.05) is 55.5 Å². The van der Waals surface area contributed by atoms with Crippen LogP contribution < -0.4 is 5.32 Å². The maximum atomic E-state index is 13.0. The lowest BCUT2D eigenvalue weighted by atomic mass is 10.1. The molecule has 0 aliphatic carbocycles. The molecule has 0 saturated heterocycles.